The van der Waals surface area contributed by atoms with Crippen molar-refractivity contribution in [3.63, 3.8) is 0 Å². The average molecular weight is 229 g/mol. The highest BCUT2D eigenvalue weighted by atomic mass is 16.1. The molecule has 0 radical (unpaired) electrons. The molecular formula is C13H15N3O. The maximum atomic E-state index is 12.0. The molecule has 1 unspecified atom stereocenters. The summed E-state index contributed by atoms with van der Waals surface area (Å²) in [5.41, 5.74) is 1.94. The van der Waals surface area contributed by atoms with Crippen molar-refractivity contribution in [1.82, 2.24) is 10.3 Å². The normalized spacial score (nSPS) is 19.6. The van der Waals surface area contributed by atoms with Gasteiger partial charge in [-0.05, 0) is 31.2 Å². The molecule has 0 saturated carbocycles. The lowest BCUT2D eigenvalue weighted by molar-refractivity contribution is -0.119. The van der Waals surface area contributed by atoms with Gasteiger partial charge in [0.25, 0.3) is 0 Å². The molecule has 1 aromatic carbocycles. The number of hydrogen-bond acceptors (Lipinski definition) is 2. The van der Waals surface area contributed by atoms with Crippen LogP contribution < -0.4 is 10.6 Å². The first-order valence-corrected chi connectivity index (χ1v) is 5.92. The summed E-state index contributed by atoms with van der Waals surface area (Å²) in [7, 11) is 0. The Kier molecular flexibility index (Phi) is 2.57. The average Bonchev–Trinajstić information content (AvgIpc) is 3.00. The summed E-state index contributed by atoms with van der Waals surface area (Å²) in [6.07, 6.45) is 2.81. The third kappa shape index (κ3) is 1.91. The lowest BCUT2D eigenvalue weighted by atomic mass is 10.1. The molecule has 1 aromatic heterocycles. The first-order chi connectivity index (χ1) is 8.34. The van der Waals surface area contributed by atoms with Gasteiger partial charge in [-0.1, -0.05) is 6.07 Å². The Bertz CT molecular complexity index is 540. The van der Waals surface area contributed by atoms with Crippen molar-refractivity contribution >= 4 is 22.5 Å². The van der Waals surface area contributed by atoms with E-state index in [1.54, 1.807) is 0 Å². The van der Waals surface area contributed by atoms with Crippen LogP contribution in [0.15, 0.2) is 30.5 Å². The molecule has 1 atom stereocenters. The van der Waals surface area contributed by atoms with Crippen LogP contribution in [0.3, 0.4) is 0 Å². The van der Waals surface area contributed by atoms with Gasteiger partial charge in [-0.15, -0.1) is 0 Å². The lowest BCUT2D eigenvalue weighted by Crippen LogP contribution is -2.24. The molecule has 3 N–H and O–H groups in total. The summed E-state index contributed by atoms with van der Waals surface area (Å²) in [5, 5.41) is 7.28. The SMILES string of the molecule is O=C(Nc1cccc2[nH]ccc12)C1CCNC1. The Morgan fingerprint density at radius 1 is 1.35 bits per heavy atom. The molecule has 0 bridgehead atoms. The Morgan fingerprint density at radius 2 is 2.29 bits per heavy atom. The van der Waals surface area contributed by atoms with Gasteiger partial charge in [0.2, 0.25) is 5.91 Å². The number of carbonyl (C=O) groups is 1. The van der Waals surface area contributed by atoms with Crippen molar-refractivity contribution in [1.29, 1.82) is 0 Å². The fraction of sp³-hybridized carbons (Fsp3) is 0.308. The molecule has 4 nitrogen and oxygen atoms in total. The zero-order valence-corrected chi connectivity index (χ0v) is 9.49. The first kappa shape index (κ1) is 10.4. The summed E-state index contributed by atoms with van der Waals surface area (Å²) in [6, 6.07) is 7.87. The highest BCUT2D eigenvalue weighted by molar-refractivity contribution is 6.02. The van der Waals surface area contributed by atoms with E-state index in [2.05, 4.69) is 15.6 Å². The van der Waals surface area contributed by atoms with Crippen LogP contribution >= 0.6 is 0 Å². The zero-order valence-electron chi connectivity index (χ0n) is 9.49. The fourth-order valence-electron chi connectivity index (χ4n) is 2.31. The van der Waals surface area contributed by atoms with Gasteiger partial charge in [-0.25, -0.2) is 0 Å². The van der Waals surface area contributed by atoms with Gasteiger partial charge in [0, 0.05) is 23.6 Å². The monoisotopic (exact) mass is 229 g/mol. The molecule has 3 rings (SSSR count). The van der Waals surface area contributed by atoms with Crippen LogP contribution in [-0.4, -0.2) is 24.0 Å². The Labute approximate surface area is 99.4 Å². The van der Waals surface area contributed by atoms with E-state index in [9.17, 15) is 4.79 Å². The van der Waals surface area contributed by atoms with Gasteiger partial charge in [-0.2, -0.15) is 0 Å². The van der Waals surface area contributed by atoms with Gasteiger partial charge in [-0.3, -0.25) is 4.79 Å². The standard InChI is InChI=1S/C13H15N3O/c17-13(9-4-6-14-8-9)16-12-3-1-2-11-10(12)5-7-15-11/h1-3,5,7,9,14-15H,4,6,8H2,(H,16,17). The molecule has 1 saturated heterocycles. The Balaban J connectivity index is 1.84. The zero-order chi connectivity index (χ0) is 11.7. The Morgan fingerprint density at radius 3 is 3.12 bits per heavy atom. The number of amides is 1. The molecule has 4 heteroatoms. The largest absolute Gasteiger partial charge is 0.361 e. The molecule has 0 spiro atoms. The number of aromatic amines is 1. The summed E-state index contributed by atoms with van der Waals surface area (Å²) < 4.78 is 0. The van der Waals surface area contributed by atoms with Crippen molar-refractivity contribution in [2.75, 3.05) is 18.4 Å². The van der Waals surface area contributed by atoms with E-state index < -0.39 is 0 Å². The van der Waals surface area contributed by atoms with Crippen LogP contribution in [0, 0.1) is 5.92 Å². The van der Waals surface area contributed by atoms with Gasteiger partial charge in [0.1, 0.15) is 0 Å². The van der Waals surface area contributed by atoms with E-state index in [4.69, 9.17) is 0 Å². The quantitative estimate of drug-likeness (QED) is 0.734. The molecule has 0 aliphatic carbocycles. The predicted molar refractivity (Wildman–Crippen MR) is 67.9 cm³/mol. The van der Waals surface area contributed by atoms with Gasteiger partial charge in [0.15, 0.2) is 0 Å². The second kappa shape index (κ2) is 4.22. The number of rotatable bonds is 2. The fourth-order valence-corrected chi connectivity index (χ4v) is 2.31. The smallest absolute Gasteiger partial charge is 0.228 e. The maximum absolute atomic E-state index is 12.0. The number of H-pyrrole nitrogens is 1. The molecule has 1 aliphatic rings. The third-order valence-electron chi connectivity index (χ3n) is 3.28. The molecule has 1 aliphatic heterocycles. The lowest BCUT2D eigenvalue weighted by Gasteiger charge is -2.10. The first-order valence-electron chi connectivity index (χ1n) is 5.92. The van der Waals surface area contributed by atoms with E-state index in [-0.39, 0.29) is 11.8 Å². The van der Waals surface area contributed by atoms with E-state index >= 15 is 0 Å². The number of benzene rings is 1. The summed E-state index contributed by atoms with van der Waals surface area (Å²) in [6.45, 7) is 1.72. The third-order valence-corrected chi connectivity index (χ3v) is 3.28. The number of nitrogens with one attached hydrogen (secondary N) is 3. The van der Waals surface area contributed by atoms with Crippen LogP contribution in [-0.2, 0) is 4.79 Å². The summed E-state index contributed by atoms with van der Waals surface area (Å²) in [5.74, 6) is 0.216. The van der Waals surface area contributed by atoms with Crippen molar-refractivity contribution in [2.24, 2.45) is 5.92 Å². The van der Waals surface area contributed by atoms with Crippen LogP contribution in [0.5, 0.6) is 0 Å². The van der Waals surface area contributed by atoms with E-state index in [0.29, 0.717) is 0 Å². The highest BCUT2D eigenvalue weighted by Gasteiger charge is 2.22. The predicted octanol–water partition coefficient (Wildman–Crippen LogP) is 1.72. The van der Waals surface area contributed by atoms with Gasteiger partial charge < -0.3 is 15.6 Å². The van der Waals surface area contributed by atoms with Gasteiger partial charge in [0.05, 0.1) is 11.6 Å². The van der Waals surface area contributed by atoms with Crippen molar-refractivity contribution < 1.29 is 4.79 Å². The minimum absolute atomic E-state index is 0.101. The Hall–Kier alpha value is -1.81. The number of carbonyl (C=O) groups excluding carboxylic acids is 1. The van der Waals surface area contributed by atoms with Crippen LogP contribution in [0.25, 0.3) is 10.9 Å². The molecule has 88 valence electrons. The van der Waals surface area contributed by atoms with Crippen molar-refractivity contribution in [3.05, 3.63) is 30.5 Å². The molecule has 2 heterocycles. The summed E-state index contributed by atoms with van der Waals surface area (Å²) >= 11 is 0. The van der Waals surface area contributed by atoms with Crippen molar-refractivity contribution in [2.45, 2.75) is 6.42 Å². The minimum Gasteiger partial charge on any atom is -0.361 e. The van der Waals surface area contributed by atoms with Crippen LogP contribution in [0.4, 0.5) is 5.69 Å². The highest BCUT2D eigenvalue weighted by Crippen LogP contribution is 2.23. The molecule has 2 aromatic rings. The van der Waals surface area contributed by atoms with Crippen LogP contribution in [0.2, 0.25) is 0 Å². The summed E-state index contributed by atoms with van der Waals surface area (Å²) in [4.78, 5) is 15.2. The van der Waals surface area contributed by atoms with E-state index in [0.717, 1.165) is 36.1 Å². The van der Waals surface area contributed by atoms with E-state index in [1.165, 1.54) is 0 Å². The minimum atomic E-state index is 0.101. The van der Waals surface area contributed by atoms with E-state index in [1.807, 2.05) is 30.5 Å². The number of aromatic nitrogens is 1. The molecule has 17 heavy (non-hydrogen) atoms. The maximum Gasteiger partial charge on any atom is 0.228 e. The molecule has 1 fully saturated rings. The number of fused-ring (bicyclic) bond motifs is 1. The van der Waals surface area contributed by atoms with Crippen LogP contribution in [0.1, 0.15) is 6.42 Å². The number of hydrogen-bond donors (Lipinski definition) is 3. The van der Waals surface area contributed by atoms with Crippen molar-refractivity contribution in [3.8, 4) is 0 Å². The second-order valence-corrected chi connectivity index (χ2v) is 4.42. The second-order valence-electron chi connectivity index (χ2n) is 4.42. The molecular weight excluding hydrogens is 214 g/mol. The van der Waals surface area contributed by atoms with Gasteiger partial charge >= 0.3 is 0 Å². The molecule has 1 amide bonds. The topological polar surface area (TPSA) is 56.9 Å². The number of anilines is 1.